The maximum atomic E-state index is 5.84. The van der Waals surface area contributed by atoms with Crippen LogP contribution >= 0.6 is 23.4 Å². The summed E-state index contributed by atoms with van der Waals surface area (Å²) < 4.78 is 0. The molecule has 4 heteroatoms. The lowest BCUT2D eigenvalue weighted by atomic mass is 10.1. The maximum absolute atomic E-state index is 5.84. The highest BCUT2D eigenvalue weighted by molar-refractivity contribution is 7.99. The van der Waals surface area contributed by atoms with Gasteiger partial charge < -0.3 is 0 Å². The molecule has 0 saturated carbocycles. The highest BCUT2D eigenvalue weighted by Crippen LogP contribution is 2.15. The minimum atomic E-state index is 0.313. The van der Waals surface area contributed by atoms with Crippen molar-refractivity contribution in [3.05, 3.63) is 34.9 Å². The third kappa shape index (κ3) is 5.21. The standard InChI is InChI=1S/C12H19ClN2S/c1-9(2)16-8-12(15-14)7-10-3-5-11(13)6-4-10/h3-6,9,12,15H,7-8,14H2,1-2H3. The molecule has 2 nitrogen and oxygen atoms in total. The third-order valence-electron chi connectivity index (χ3n) is 2.26. The van der Waals surface area contributed by atoms with Gasteiger partial charge in [0.05, 0.1) is 0 Å². The lowest BCUT2D eigenvalue weighted by Gasteiger charge is -2.16. The Bertz CT molecular complexity index is 300. The molecule has 0 saturated heterocycles. The Labute approximate surface area is 107 Å². The van der Waals surface area contributed by atoms with Gasteiger partial charge in [0.25, 0.3) is 0 Å². The Balaban J connectivity index is 2.46. The molecular formula is C12H19ClN2S. The van der Waals surface area contributed by atoms with Gasteiger partial charge in [-0.15, -0.1) is 0 Å². The summed E-state index contributed by atoms with van der Waals surface area (Å²) in [6.07, 6.45) is 0.938. The molecule has 1 aromatic rings. The highest BCUT2D eigenvalue weighted by atomic mass is 35.5. The zero-order chi connectivity index (χ0) is 12.0. The molecule has 0 aliphatic heterocycles. The van der Waals surface area contributed by atoms with Gasteiger partial charge in [0.1, 0.15) is 0 Å². The molecule has 0 bridgehead atoms. The van der Waals surface area contributed by atoms with Gasteiger partial charge in [0.2, 0.25) is 0 Å². The number of hydrogen-bond acceptors (Lipinski definition) is 3. The largest absolute Gasteiger partial charge is 0.271 e. The number of rotatable bonds is 6. The summed E-state index contributed by atoms with van der Waals surface area (Å²) in [6.45, 7) is 4.39. The Morgan fingerprint density at radius 1 is 1.31 bits per heavy atom. The van der Waals surface area contributed by atoms with Crippen molar-refractivity contribution in [3.63, 3.8) is 0 Å². The zero-order valence-corrected chi connectivity index (χ0v) is 11.3. The molecule has 0 aliphatic rings. The van der Waals surface area contributed by atoms with E-state index < -0.39 is 0 Å². The molecular weight excluding hydrogens is 240 g/mol. The van der Waals surface area contributed by atoms with E-state index in [1.54, 1.807) is 0 Å². The van der Waals surface area contributed by atoms with E-state index >= 15 is 0 Å². The lowest BCUT2D eigenvalue weighted by Crippen LogP contribution is -2.39. The predicted octanol–water partition coefficient (Wildman–Crippen LogP) is 2.86. The van der Waals surface area contributed by atoms with Crippen molar-refractivity contribution in [3.8, 4) is 0 Å². The number of thioether (sulfide) groups is 1. The summed E-state index contributed by atoms with van der Waals surface area (Å²) in [5.74, 6) is 6.57. The number of hydrogen-bond donors (Lipinski definition) is 2. The van der Waals surface area contributed by atoms with E-state index in [9.17, 15) is 0 Å². The SMILES string of the molecule is CC(C)SCC(Cc1ccc(Cl)cc1)NN. The molecule has 3 N–H and O–H groups in total. The summed E-state index contributed by atoms with van der Waals surface area (Å²) in [5, 5.41) is 1.42. The van der Waals surface area contributed by atoms with Crippen LogP contribution in [0.2, 0.25) is 5.02 Å². The molecule has 1 rings (SSSR count). The van der Waals surface area contributed by atoms with Gasteiger partial charge in [0, 0.05) is 16.8 Å². The summed E-state index contributed by atoms with van der Waals surface area (Å²) in [6, 6.07) is 8.24. The van der Waals surface area contributed by atoms with E-state index in [1.165, 1.54) is 5.56 Å². The van der Waals surface area contributed by atoms with Gasteiger partial charge in [-0.25, -0.2) is 0 Å². The summed E-state index contributed by atoms with van der Waals surface area (Å²) >= 11 is 7.76. The monoisotopic (exact) mass is 258 g/mol. The molecule has 16 heavy (non-hydrogen) atoms. The van der Waals surface area contributed by atoms with Crippen molar-refractivity contribution in [2.75, 3.05) is 5.75 Å². The van der Waals surface area contributed by atoms with E-state index in [1.807, 2.05) is 36.0 Å². The molecule has 0 heterocycles. The zero-order valence-electron chi connectivity index (χ0n) is 9.74. The molecule has 0 amide bonds. The number of halogens is 1. The van der Waals surface area contributed by atoms with Crippen molar-refractivity contribution in [2.24, 2.45) is 5.84 Å². The average molecular weight is 259 g/mol. The van der Waals surface area contributed by atoms with Crippen molar-refractivity contribution in [1.82, 2.24) is 5.43 Å². The summed E-state index contributed by atoms with van der Waals surface area (Å²) in [7, 11) is 0. The van der Waals surface area contributed by atoms with Crippen molar-refractivity contribution < 1.29 is 0 Å². The average Bonchev–Trinajstić information content (AvgIpc) is 2.26. The first kappa shape index (κ1) is 13.8. The number of nitrogens with one attached hydrogen (secondary N) is 1. The van der Waals surface area contributed by atoms with Crippen molar-refractivity contribution in [1.29, 1.82) is 0 Å². The fourth-order valence-corrected chi connectivity index (χ4v) is 2.34. The first-order valence-electron chi connectivity index (χ1n) is 5.44. The second kappa shape index (κ2) is 7.17. The smallest absolute Gasteiger partial charge is 0.0406 e. The van der Waals surface area contributed by atoms with Crippen LogP contribution < -0.4 is 11.3 Å². The second-order valence-electron chi connectivity index (χ2n) is 4.08. The van der Waals surface area contributed by atoms with Gasteiger partial charge >= 0.3 is 0 Å². The van der Waals surface area contributed by atoms with Gasteiger partial charge in [0.15, 0.2) is 0 Å². The van der Waals surface area contributed by atoms with Crippen LogP contribution in [0.15, 0.2) is 24.3 Å². The Morgan fingerprint density at radius 3 is 2.44 bits per heavy atom. The minimum absolute atomic E-state index is 0.313. The summed E-state index contributed by atoms with van der Waals surface area (Å²) in [5.41, 5.74) is 4.13. The molecule has 0 aliphatic carbocycles. The fraction of sp³-hybridized carbons (Fsp3) is 0.500. The second-order valence-corrected chi connectivity index (χ2v) is 6.12. The molecule has 90 valence electrons. The normalized spacial score (nSPS) is 13.1. The molecule has 1 aromatic carbocycles. The van der Waals surface area contributed by atoms with E-state index in [-0.39, 0.29) is 0 Å². The lowest BCUT2D eigenvalue weighted by molar-refractivity contribution is 0.575. The van der Waals surface area contributed by atoms with E-state index in [0.717, 1.165) is 17.2 Å². The van der Waals surface area contributed by atoms with Crippen molar-refractivity contribution >= 4 is 23.4 Å². The van der Waals surface area contributed by atoms with Crippen LogP contribution in [-0.2, 0) is 6.42 Å². The van der Waals surface area contributed by atoms with Crippen LogP contribution in [-0.4, -0.2) is 17.0 Å². The van der Waals surface area contributed by atoms with E-state index in [2.05, 4.69) is 19.3 Å². The highest BCUT2D eigenvalue weighted by Gasteiger charge is 2.08. The van der Waals surface area contributed by atoms with E-state index in [4.69, 9.17) is 17.4 Å². The molecule has 0 fully saturated rings. The maximum Gasteiger partial charge on any atom is 0.0406 e. The van der Waals surface area contributed by atoms with Crippen LogP contribution in [0, 0.1) is 0 Å². The Hall–Kier alpha value is -0.220. The Kier molecular flexibility index (Phi) is 6.21. The van der Waals surface area contributed by atoms with Gasteiger partial charge in [-0.1, -0.05) is 37.6 Å². The summed E-state index contributed by atoms with van der Waals surface area (Å²) in [4.78, 5) is 0. The fourth-order valence-electron chi connectivity index (χ4n) is 1.38. The predicted molar refractivity (Wildman–Crippen MR) is 73.9 cm³/mol. The van der Waals surface area contributed by atoms with Crippen LogP contribution in [0.25, 0.3) is 0 Å². The van der Waals surface area contributed by atoms with Gasteiger partial charge in [-0.05, 0) is 29.4 Å². The van der Waals surface area contributed by atoms with E-state index in [0.29, 0.717) is 11.3 Å². The van der Waals surface area contributed by atoms with Crippen molar-refractivity contribution in [2.45, 2.75) is 31.6 Å². The van der Waals surface area contributed by atoms with Crippen LogP contribution in [0.3, 0.4) is 0 Å². The molecule has 0 spiro atoms. The van der Waals surface area contributed by atoms with Gasteiger partial charge in [-0.3, -0.25) is 11.3 Å². The Morgan fingerprint density at radius 2 is 1.94 bits per heavy atom. The minimum Gasteiger partial charge on any atom is -0.271 e. The molecule has 1 unspecified atom stereocenters. The molecule has 0 aromatic heterocycles. The number of hydrazine groups is 1. The third-order valence-corrected chi connectivity index (χ3v) is 3.78. The first-order chi connectivity index (χ1) is 7.61. The number of nitrogens with two attached hydrogens (primary N) is 1. The topological polar surface area (TPSA) is 38.0 Å². The molecule has 0 radical (unpaired) electrons. The first-order valence-corrected chi connectivity index (χ1v) is 6.86. The van der Waals surface area contributed by atoms with Crippen LogP contribution in [0.1, 0.15) is 19.4 Å². The molecule has 1 atom stereocenters. The number of benzene rings is 1. The quantitative estimate of drug-likeness (QED) is 0.609. The van der Waals surface area contributed by atoms with Gasteiger partial charge in [-0.2, -0.15) is 11.8 Å². The van der Waals surface area contributed by atoms with Crippen LogP contribution in [0.5, 0.6) is 0 Å². The van der Waals surface area contributed by atoms with Crippen LogP contribution in [0.4, 0.5) is 0 Å².